The monoisotopic (exact) mass is 336 g/mol. The van der Waals surface area contributed by atoms with E-state index in [9.17, 15) is 8.42 Å². The van der Waals surface area contributed by atoms with Crippen LogP contribution in [0.1, 0.15) is 24.1 Å². The van der Waals surface area contributed by atoms with Crippen molar-refractivity contribution in [2.45, 2.75) is 17.9 Å². The topological polar surface area (TPSA) is 70.0 Å². The lowest BCUT2D eigenvalue weighted by Crippen LogP contribution is -2.27. The van der Waals surface area contributed by atoms with E-state index in [2.05, 4.69) is 4.72 Å². The maximum Gasteiger partial charge on any atom is 0.241 e. The van der Waals surface area contributed by atoms with Gasteiger partial charge in [0, 0.05) is 6.04 Å². The molecule has 5 heteroatoms. The first-order valence-corrected chi connectivity index (χ1v) is 9.00. The Morgan fingerprint density at radius 2 is 1.71 bits per heavy atom. The van der Waals surface area contributed by atoms with Gasteiger partial charge in [0.15, 0.2) is 0 Å². The van der Waals surface area contributed by atoms with Gasteiger partial charge in [0.2, 0.25) is 10.0 Å². The van der Waals surface area contributed by atoms with Gasteiger partial charge in [-0.25, -0.2) is 13.1 Å². The number of nitriles is 1. The fraction of sp³-hybridized carbons (Fsp3) is 0.105. The van der Waals surface area contributed by atoms with Crippen LogP contribution in [0.15, 0.2) is 71.6 Å². The molecule has 1 N–H and O–H groups in total. The van der Waals surface area contributed by atoms with Crippen molar-refractivity contribution in [2.24, 2.45) is 0 Å². The molecule has 3 aromatic carbocycles. The molecule has 0 aliphatic heterocycles. The molecule has 0 bridgehead atoms. The first kappa shape index (κ1) is 16.2. The number of sulfonamides is 1. The van der Waals surface area contributed by atoms with E-state index in [0.717, 1.165) is 16.3 Å². The molecule has 24 heavy (non-hydrogen) atoms. The Kier molecular flexibility index (Phi) is 4.34. The molecule has 0 amide bonds. The fourth-order valence-corrected chi connectivity index (χ4v) is 3.99. The smallest absolute Gasteiger partial charge is 0.207 e. The molecule has 1 unspecified atom stereocenters. The van der Waals surface area contributed by atoms with Gasteiger partial charge in [-0.1, -0.05) is 48.5 Å². The second-order valence-electron chi connectivity index (χ2n) is 5.55. The zero-order valence-corrected chi connectivity index (χ0v) is 13.9. The Morgan fingerprint density at radius 3 is 2.50 bits per heavy atom. The molecule has 120 valence electrons. The van der Waals surface area contributed by atoms with Gasteiger partial charge in [-0.05, 0) is 41.5 Å². The molecule has 0 aliphatic rings. The first-order valence-electron chi connectivity index (χ1n) is 7.51. The molecule has 3 aromatic rings. The van der Waals surface area contributed by atoms with Crippen LogP contribution in [-0.2, 0) is 10.0 Å². The van der Waals surface area contributed by atoms with Crippen molar-refractivity contribution in [2.75, 3.05) is 0 Å². The molecule has 0 heterocycles. The minimum atomic E-state index is -3.71. The van der Waals surface area contributed by atoms with Crippen molar-refractivity contribution in [3.05, 3.63) is 77.9 Å². The molecule has 0 fully saturated rings. The summed E-state index contributed by atoms with van der Waals surface area (Å²) in [4.78, 5) is 0.0913. The number of hydrogen-bond acceptors (Lipinski definition) is 3. The number of nitrogens with zero attached hydrogens (tertiary/aromatic N) is 1. The third-order valence-corrected chi connectivity index (χ3v) is 5.43. The van der Waals surface area contributed by atoms with Gasteiger partial charge in [0.05, 0.1) is 16.5 Å². The Bertz CT molecular complexity index is 1030. The second kappa shape index (κ2) is 6.44. The molecule has 4 nitrogen and oxygen atoms in total. The van der Waals surface area contributed by atoms with Crippen LogP contribution in [0, 0.1) is 11.3 Å². The zero-order valence-electron chi connectivity index (χ0n) is 13.1. The molecule has 0 radical (unpaired) electrons. The Morgan fingerprint density at radius 1 is 1.00 bits per heavy atom. The maximum atomic E-state index is 12.6. The van der Waals surface area contributed by atoms with E-state index in [-0.39, 0.29) is 4.90 Å². The summed E-state index contributed by atoms with van der Waals surface area (Å²) < 4.78 is 27.9. The van der Waals surface area contributed by atoms with Gasteiger partial charge in [-0.3, -0.25) is 0 Å². The van der Waals surface area contributed by atoms with E-state index < -0.39 is 16.1 Å². The molecule has 0 aromatic heterocycles. The molecular weight excluding hydrogens is 320 g/mol. The largest absolute Gasteiger partial charge is 0.241 e. The van der Waals surface area contributed by atoms with Crippen LogP contribution in [-0.4, -0.2) is 8.42 Å². The average molecular weight is 336 g/mol. The van der Waals surface area contributed by atoms with Crippen LogP contribution >= 0.6 is 0 Å². The number of hydrogen-bond donors (Lipinski definition) is 1. The highest BCUT2D eigenvalue weighted by Crippen LogP contribution is 2.25. The second-order valence-corrected chi connectivity index (χ2v) is 7.26. The van der Waals surface area contributed by atoms with Gasteiger partial charge < -0.3 is 0 Å². The van der Waals surface area contributed by atoms with Crippen molar-refractivity contribution in [1.29, 1.82) is 5.26 Å². The summed E-state index contributed by atoms with van der Waals surface area (Å²) in [6.07, 6.45) is 0. The van der Waals surface area contributed by atoms with Crippen LogP contribution in [0.2, 0.25) is 0 Å². The van der Waals surface area contributed by atoms with Crippen molar-refractivity contribution in [3.8, 4) is 6.07 Å². The molecule has 1 atom stereocenters. The summed E-state index contributed by atoms with van der Waals surface area (Å²) >= 11 is 0. The van der Waals surface area contributed by atoms with Crippen LogP contribution in [0.5, 0.6) is 0 Å². The van der Waals surface area contributed by atoms with Crippen molar-refractivity contribution in [1.82, 2.24) is 4.72 Å². The van der Waals surface area contributed by atoms with E-state index in [4.69, 9.17) is 5.26 Å². The summed E-state index contributed by atoms with van der Waals surface area (Å²) in [6, 6.07) is 21.3. The van der Waals surface area contributed by atoms with E-state index in [1.807, 2.05) is 55.5 Å². The van der Waals surface area contributed by atoms with Crippen LogP contribution in [0.4, 0.5) is 0 Å². The van der Waals surface area contributed by atoms with Crippen LogP contribution < -0.4 is 4.72 Å². The zero-order chi connectivity index (χ0) is 17.2. The molecular formula is C19H16N2O2S. The number of fused-ring (bicyclic) bond motifs is 1. The van der Waals surface area contributed by atoms with Crippen LogP contribution in [0.3, 0.4) is 0 Å². The lowest BCUT2D eigenvalue weighted by Gasteiger charge is -2.17. The third kappa shape index (κ3) is 3.16. The highest BCUT2D eigenvalue weighted by atomic mass is 32.2. The molecule has 0 spiro atoms. The van der Waals surface area contributed by atoms with E-state index in [1.165, 1.54) is 12.1 Å². The molecule has 3 rings (SSSR count). The van der Waals surface area contributed by atoms with Gasteiger partial charge in [0.1, 0.15) is 0 Å². The van der Waals surface area contributed by atoms with Crippen molar-refractivity contribution >= 4 is 20.8 Å². The fourth-order valence-electron chi connectivity index (χ4n) is 2.73. The molecule has 0 saturated heterocycles. The van der Waals surface area contributed by atoms with E-state index in [0.29, 0.717) is 5.56 Å². The van der Waals surface area contributed by atoms with Gasteiger partial charge in [0.25, 0.3) is 0 Å². The third-order valence-electron chi connectivity index (χ3n) is 3.90. The van der Waals surface area contributed by atoms with E-state index in [1.54, 1.807) is 12.1 Å². The minimum Gasteiger partial charge on any atom is -0.207 e. The summed E-state index contributed by atoms with van der Waals surface area (Å²) in [7, 11) is -3.71. The van der Waals surface area contributed by atoms with Crippen molar-refractivity contribution < 1.29 is 8.42 Å². The summed E-state index contributed by atoms with van der Waals surface area (Å²) in [5, 5.41) is 11.0. The first-order chi connectivity index (χ1) is 11.5. The normalized spacial score (nSPS) is 12.7. The van der Waals surface area contributed by atoms with Crippen molar-refractivity contribution in [3.63, 3.8) is 0 Å². The van der Waals surface area contributed by atoms with Crippen LogP contribution in [0.25, 0.3) is 10.8 Å². The quantitative estimate of drug-likeness (QED) is 0.789. The predicted molar refractivity (Wildman–Crippen MR) is 93.8 cm³/mol. The SMILES string of the molecule is CC(NS(=O)(=O)c1cccc(C#N)c1)c1cccc2ccccc12. The lowest BCUT2D eigenvalue weighted by atomic mass is 10.0. The lowest BCUT2D eigenvalue weighted by molar-refractivity contribution is 0.567. The average Bonchev–Trinajstić information content (AvgIpc) is 2.61. The Hall–Kier alpha value is -2.68. The highest BCUT2D eigenvalue weighted by molar-refractivity contribution is 7.89. The number of benzene rings is 3. The Balaban J connectivity index is 1.96. The number of nitrogens with one attached hydrogen (secondary N) is 1. The summed E-state index contributed by atoms with van der Waals surface area (Å²) in [5.41, 5.74) is 1.23. The van der Waals surface area contributed by atoms with Gasteiger partial charge in [-0.15, -0.1) is 0 Å². The minimum absolute atomic E-state index is 0.0913. The van der Waals surface area contributed by atoms with Gasteiger partial charge >= 0.3 is 0 Å². The summed E-state index contributed by atoms with van der Waals surface area (Å²) in [5.74, 6) is 0. The highest BCUT2D eigenvalue weighted by Gasteiger charge is 2.19. The Labute approximate surface area is 141 Å². The summed E-state index contributed by atoms with van der Waals surface area (Å²) in [6.45, 7) is 1.81. The standard InChI is InChI=1S/C19H16N2O2S/c1-14(18-11-5-8-16-7-2-3-10-19(16)18)21-24(22,23)17-9-4-6-15(12-17)13-20/h2-12,14,21H,1H3. The van der Waals surface area contributed by atoms with Gasteiger partial charge in [-0.2, -0.15) is 5.26 Å². The van der Waals surface area contributed by atoms with E-state index >= 15 is 0 Å². The maximum absolute atomic E-state index is 12.6. The number of rotatable bonds is 4. The molecule has 0 saturated carbocycles. The molecule has 0 aliphatic carbocycles. The predicted octanol–water partition coefficient (Wildman–Crippen LogP) is 3.75.